The predicted molar refractivity (Wildman–Crippen MR) is 109 cm³/mol. The van der Waals surface area contributed by atoms with Crippen LogP contribution in [0.4, 0.5) is 26.3 Å². The lowest BCUT2D eigenvalue weighted by atomic mass is 10.1. The van der Waals surface area contributed by atoms with Gasteiger partial charge in [-0.15, -0.1) is 0 Å². The summed E-state index contributed by atoms with van der Waals surface area (Å²) in [5.41, 5.74) is 1.24. The van der Waals surface area contributed by atoms with Gasteiger partial charge in [-0.3, -0.25) is 9.80 Å². The first-order valence-corrected chi connectivity index (χ1v) is 10.5. The zero-order valence-corrected chi connectivity index (χ0v) is 18.7. The van der Waals surface area contributed by atoms with Crippen molar-refractivity contribution < 1.29 is 59.7 Å². The highest BCUT2D eigenvalue weighted by molar-refractivity contribution is 5.73. The van der Waals surface area contributed by atoms with Crippen LogP contribution in [0, 0.1) is 5.92 Å². The molecule has 2 saturated heterocycles. The molecule has 2 fully saturated rings. The highest BCUT2D eigenvalue weighted by atomic mass is 19.4. The molecule has 0 spiro atoms. The van der Waals surface area contributed by atoms with E-state index in [0.717, 1.165) is 51.6 Å². The van der Waals surface area contributed by atoms with Gasteiger partial charge in [0.2, 0.25) is 0 Å². The Labute approximate surface area is 200 Å². The number of rotatable bonds is 4. The molecule has 4 heterocycles. The Morgan fingerprint density at radius 1 is 0.917 bits per heavy atom. The second-order valence-corrected chi connectivity index (χ2v) is 7.92. The Kier molecular flexibility index (Phi) is 10.4. The minimum absolute atomic E-state index is 0.351. The van der Waals surface area contributed by atoms with E-state index in [1.807, 2.05) is 24.5 Å². The summed E-state index contributed by atoms with van der Waals surface area (Å²) in [6.07, 6.45) is -4.50. The summed E-state index contributed by atoms with van der Waals surface area (Å²) in [5, 5.41) is 14.2. The molecule has 2 aliphatic rings. The van der Waals surface area contributed by atoms with Gasteiger partial charge in [0.25, 0.3) is 0 Å². The Hall–Kier alpha value is -3.04. The third-order valence-electron chi connectivity index (χ3n) is 5.12. The van der Waals surface area contributed by atoms with Gasteiger partial charge in [-0.1, -0.05) is 0 Å². The van der Waals surface area contributed by atoms with Crippen molar-refractivity contribution >= 4 is 11.9 Å². The van der Waals surface area contributed by atoms with Crippen LogP contribution < -0.4 is 0 Å². The Bertz CT molecular complexity index is 908. The van der Waals surface area contributed by atoms with Crippen LogP contribution in [0.1, 0.15) is 11.3 Å². The van der Waals surface area contributed by atoms with Crippen molar-refractivity contribution in [1.29, 1.82) is 0 Å². The summed E-state index contributed by atoms with van der Waals surface area (Å²) in [5.74, 6) is -3.91. The quantitative estimate of drug-likeness (QED) is 0.574. The van der Waals surface area contributed by atoms with Gasteiger partial charge in [0.05, 0.1) is 38.0 Å². The summed E-state index contributed by atoms with van der Waals surface area (Å²) in [6, 6.07) is 6.04. The van der Waals surface area contributed by atoms with Crippen molar-refractivity contribution in [1.82, 2.24) is 9.80 Å². The van der Waals surface area contributed by atoms with E-state index < -0.39 is 24.3 Å². The number of fused-ring (bicyclic) bond motifs is 1. The molecule has 0 amide bonds. The monoisotopic (exact) mass is 530 g/mol. The number of halogens is 6. The van der Waals surface area contributed by atoms with Crippen LogP contribution in [0.3, 0.4) is 0 Å². The largest absolute Gasteiger partial charge is 0.490 e. The number of furan rings is 2. The van der Waals surface area contributed by atoms with Crippen molar-refractivity contribution in [3.8, 4) is 0 Å². The molecule has 0 radical (unpaired) electrons. The molecule has 2 N–H and O–H groups in total. The number of likely N-dealkylation sites (tertiary alicyclic amines) is 1. The molecule has 4 rings (SSSR count). The maximum absolute atomic E-state index is 10.6. The lowest BCUT2D eigenvalue weighted by Gasteiger charge is -2.22. The molecule has 0 aromatic carbocycles. The molecule has 2 aliphatic heterocycles. The molecular formula is C21H24F6N2O7. The molecule has 2 aromatic heterocycles. The van der Waals surface area contributed by atoms with E-state index >= 15 is 0 Å². The van der Waals surface area contributed by atoms with Crippen molar-refractivity contribution in [2.24, 2.45) is 5.92 Å². The second-order valence-electron chi connectivity index (χ2n) is 7.92. The fourth-order valence-corrected chi connectivity index (χ4v) is 3.58. The third kappa shape index (κ3) is 9.91. The van der Waals surface area contributed by atoms with Crippen molar-refractivity contribution in [3.63, 3.8) is 0 Å². The van der Waals surface area contributed by atoms with Gasteiger partial charge in [0.15, 0.2) is 0 Å². The Morgan fingerprint density at radius 3 is 2.03 bits per heavy atom. The summed E-state index contributed by atoms with van der Waals surface area (Å²) in [6.45, 7) is 6.80. The van der Waals surface area contributed by atoms with Crippen LogP contribution in [0.2, 0.25) is 0 Å². The smallest absolute Gasteiger partial charge is 0.475 e. The number of carbonyl (C=O) groups is 2. The van der Waals surface area contributed by atoms with E-state index in [1.54, 1.807) is 12.5 Å². The molecule has 0 aliphatic carbocycles. The summed E-state index contributed by atoms with van der Waals surface area (Å²) < 4.78 is 80.2. The first kappa shape index (κ1) is 29.2. The topological polar surface area (TPSA) is 117 Å². The number of alkyl halides is 6. The third-order valence-corrected chi connectivity index (χ3v) is 5.12. The zero-order chi connectivity index (χ0) is 26.9. The van der Waals surface area contributed by atoms with Gasteiger partial charge in [-0.05, 0) is 18.2 Å². The zero-order valence-electron chi connectivity index (χ0n) is 18.7. The number of ether oxygens (including phenoxy) is 1. The standard InChI is InChI=1S/C17H22N2O3.2C2HF3O2/c1-2-16(21-5-1)11-19-10-15-9-18(4-7-22-17(15)12-19)8-14-3-6-20-13-14;2*3-2(4,5)1(6)7/h1-3,5-6,13,15,17H,4,7-12H2;2*(H,6,7)/t15-,17+;;/m0../s1. The molecule has 2 atom stereocenters. The van der Waals surface area contributed by atoms with E-state index in [0.29, 0.717) is 12.0 Å². The average molecular weight is 530 g/mol. The van der Waals surface area contributed by atoms with E-state index in [9.17, 15) is 26.3 Å². The van der Waals surface area contributed by atoms with Gasteiger partial charge in [0.1, 0.15) is 5.76 Å². The Balaban J connectivity index is 0.000000271. The number of hydrogen-bond donors (Lipinski definition) is 2. The fourth-order valence-electron chi connectivity index (χ4n) is 3.58. The molecule has 36 heavy (non-hydrogen) atoms. The summed E-state index contributed by atoms with van der Waals surface area (Å²) >= 11 is 0. The highest BCUT2D eigenvalue weighted by Gasteiger charge is 2.39. The molecule has 202 valence electrons. The van der Waals surface area contributed by atoms with Gasteiger partial charge < -0.3 is 23.8 Å². The molecule has 0 bridgehead atoms. The van der Waals surface area contributed by atoms with Crippen LogP contribution in [-0.2, 0) is 27.4 Å². The van der Waals surface area contributed by atoms with Crippen LogP contribution in [-0.4, -0.2) is 83.2 Å². The number of aliphatic carboxylic acids is 2. The average Bonchev–Trinajstić information content (AvgIpc) is 3.50. The highest BCUT2D eigenvalue weighted by Crippen LogP contribution is 2.26. The second kappa shape index (κ2) is 12.8. The summed E-state index contributed by atoms with van der Waals surface area (Å²) in [4.78, 5) is 22.7. The van der Waals surface area contributed by atoms with E-state index in [4.69, 9.17) is 33.4 Å². The number of carboxylic acids is 2. The van der Waals surface area contributed by atoms with Gasteiger partial charge in [0, 0.05) is 44.2 Å². The molecule has 0 unspecified atom stereocenters. The van der Waals surface area contributed by atoms with Gasteiger partial charge >= 0.3 is 24.3 Å². The van der Waals surface area contributed by atoms with Crippen molar-refractivity contribution in [2.75, 3.05) is 32.8 Å². The Morgan fingerprint density at radius 2 is 1.53 bits per heavy atom. The number of carboxylic acid groups (broad SMARTS) is 2. The van der Waals surface area contributed by atoms with Crippen LogP contribution in [0.5, 0.6) is 0 Å². The maximum atomic E-state index is 10.6. The molecular weight excluding hydrogens is 506 g/mol. The van der Waals surface area contributed by atoms with Crippen molar-refractivity contribution in [2.45, 2.75) is 31.5 Å². The van der Waals surface area contributed by atoms with E-state index in [2.05, 4.69) is 9.80 Å². The van der Waals surface area contributed by atoms with Crippen LogP contribution >= 0.6 is 0 Å². The number of nitrogens with zero attached hydrogens (tertiary/aromatic N) is 2. The van der Waals surface area contributed by atoms with Crippen LogP contribution in [0.15, 0.2) is 45.8 Å². The van der Waals surface area contributed by atoms with E-state index in [1.165, 1.54) is 5.56 Å². The lowest BCUT2D eigenvalue weighted by molar-refractivity contribution is -0.193. The van der Waals surface area contributed by atoms with Crippen molar-refractivity contribution in [3.05, 3.63) is 48.3 Å². The first-order chi connectivity index (χ1) is 16.8. The molecule has 2 aromatic rings. The minimum atomic E-state index is -5.08. The van der Waals surface area contributed by atoms with Crippen LogP contribution in [0.25, 0.3) is 0 Å². The molecule has 9 nitrogen and oxygen atoms in total. The van der Waals surface area contributed by atoms with Gasteiger partial charge in [-0.2, -0.15) is 26.3 Å². The maximum Gasteiger partial charge on any atom is 0.490 e. The predicted octanol–water partition coefficient (Wildman–Crippen LogP) is 3.47. The molecule has 15 heteroatoms. The summed E-state index contributed by atoms with van der Waals surface area (Å²) in [7, 11) is 0. The number of hydrogen-bond acceptors (Lipinski definition) is 7. The SMILES string of the molecule is O=C(O)C(F)(F)F.O=C(O)C(F)(F)F.c1coc(CN2C[C@@H]3CN(Cc4ccoc4)CCO[C@@H]3C2)c1. The fraction of sp³-hybridized carbons (Fsp3) is 0.524. The molecule has 0 saturated carbocycles. The van der Waals surface area contributed by atoms with E-state index in [-0.39, 0.29) is 0 Å². The minimum Gasteiger partial charge on any atom is -0.475 e. The first-order valence-electron chi connectivity index (χ1n) is 10.5. The lowest BCUT2D eigenvalue weighted by Crippen LogP contribution is -2.32. The normalized spacial score (nSPS) is 20.8. The van der Waals surface area contributed by atoms with Gasteiger partial charge in [-0.25, -0.2) is 9.59 Å².